The standard InChI is InChI=1S/C28H52O8/c1-11-13-15-30-21-20(36-28(8,9)27(5,6)7)18(4)33-26(23(21)29-10)35-19-17(3)32-25(24-22(19)34-24)31-16-14-12-2/h17-26H,11-16H2,1-10H3/t17-,18-,19-,20-,21+,22-,23-,24-,25+,26+/m1/s1. The molecule has 0 unspecified atom stereocenters. The second-order valence-corrected chi connectivity index (χ2v) is 12.0. The summed E-state index contributed by atoms with van der Waals surface area (Å²) in [5, 5.41) is 0. The molecule has 0 bridgehead atoms. The van der Waals surface area contributed by atoms with Crippen LogP contribution in [0.25, 0.3) is 0 Å². The molecule has 0 amide bonds. The van der Waals surface area contributed by atoms with Crippen LogP contribution < -0.4 is 0 Å². The Morgan fingerprint density at radius 1 is 0.667 bits per heavy atom. The molecule has 3 aliphatic heterocycles. The molecular formula is C28H52O8. The molecule has 8 heteroatoms. The fraction of sp³-hybridized carbons (Fsp3) is 1.00. The van der Waals surface area contributed by atoms with Crippen LogP contribution in [0.4, 0.5) is 0 Å². The number of methoxy groups -OCH3 is 1. The molecule has 3 fully saturated rings. The summed E-state index contributed by atoms with van der Waals surface area (Å²) in [5.41, 5.74) is -0.471. The molecule has 8 nitrogen and oxygen atoms in total. The Balaban J connectivity index is 1.72. The zero-order chi connectivity index (χ0) is 26.7. The van der Waals surface area contributed by atoms with Gasteiger partial charge >= 0.3 is 0 Å². The topological polar surface area (TPSA) is 77.1 Å². The number of ether oxygens (including phenoxy) is 8. The van der Waals surface area contributed by atoms with Crippen molar-refractivity contribution in [3.63, 3.8) is 0 Å². The second kappa shape index (κ2) is 12.7. The van der Waals surface area contributed by atoms with Crippen molar-refractivity contribution < 1.29 is 37.9 Å². The molecule has 0 aromatic carbocycles. The summed E-state index contributed by atoms with van der Waals surface area (Å²) in [7, 11) is 1.68. The largest absolute Gasteiger partial charge is 0.373 e. The van der Waals surface area contributed by atoms with Crippen molar-refractivity contribution in [1.82, 2.24) is 0 Å². The van der Waals surface area contributed by atoms with Crippen LogP contribution in [0, 0.1) is 5.41 Å². The van der Waals surface area contributed by atoms with Gasteiger partial charge in [-0.2, -0.15) is 0 Å². The summed E-state index contributed by atoms with van der Waals surface area (Å²) in [6.45, 7) is 20.4. The van der Waals surface area contributed by atoms with Crippen molar-refractivity contribution in [2.24, 2.45) is 5.41 Å². The summed E-state index contributed by atoms with van der Waals surface area (Å²) >= 11 is 0. The highest BCUT2D eigenvalue weighted by Crippen LogP contribution is 2.42. The first-order chi connectivity index (χ1) is 16.9. The number of hydrogen-bond acceptors (Lipinski definition) is 8. The lowest BCUT2D eigenvalue weighted by Crippen LogP contribution is -2.63. The number of fused-ring (bicyclic) bond motifs is 1. The van der Waals surface area contributed by atoms with Gasteiger partial charge in [0.25, 0.3) is 0 Å². The van der Waals surface area contributed by atoms with E-state index in [1.807, 2.05) is 13.8 Å². The fourth-order valence-electron chi connectivity index (χ4n) is 4.64. The van der Waals surface area contributed by atoms with E-state index in [-0.39, 0.29) is 54.4 Å². The van der Waals surface area contributed by atoms with Gasteiger partial charge in [-0.05, 0) is 46.0 Å². The Hall–Kier alpha value is -0.320. The molecule has 10 atom stereocenters. The first kappa shape index (κ1) is 30.2. The van der Waals surface area contributed by atoms with Crippen molar-refractivity contribution in [2.75, 3.05) is 20.3 Å². The van der Waals surface area contributed by atoms with E-state index in [0.29, 0.717) is 13.2 Å². The highest BCUT2D eigenvalue weighted by atomic mass is 16.8. The first-order valence-electron chi connectivity index (χ1n) is 14.0. The zero-order valence-electron chi connectivity index (χ0n) is 24.3. The fourth-order valence-corrected chi connectivity index (χ4v) is 4.64. The molecule has 212 valence electrons. The van der Waals surface area contributed by atoms with E-state index in [4.69, 9.17) is 37.9 Å². The van der Waals surface area contributed by atoms with Crippen LogP contribution in [0.3, 0.4) is 0 Å². The van der Waals surface area contributed by atoms with E-state index < -0.39 is 18.0 Å². The minimum atomic E-state index is -0.632. The molecule has 0 aromatic rings. The Morgan fingerprint density at radius 2 is 1.25 bits per heavy atom. The summed E-state index contributed by atoms with van der Waals surface area (Å²) < 4.78 is 50.1. The number of rotatable bonds is 13. The first-order valence-corrected chi connectivity index (χ1v) is 14.0. The predicted octanol–water partition coefficient (Wildman–Crippen LogP) is 4.86. The molecule has 0 aromatic heterocycles. The van der Waals surface area contributed by atoms with Gasteiger partial charge in [-0.3, -0.25) is 0 Å². The van der Waals surface area contributed by atoms with Crippen molar-refractivity contribution in [3.8, 4) is 0 Å². The minimum absolute atomic E-state index is 0.0699. The zero-order valence-corrected chi connectivity index (χ0v) is 24.3. The third-order valence-electron chi connectivity index (χ3n) is 8.08. The quantitative estimate of drug-likeness (QED) is 0.254. The van der Waals surface area contributed by atoms with Crippen LogP contribution in [-0.2, 0) is 37.9 Å². The Bertz CT molecular complexity index is 662. The van der Waals surface area contributed by atoms with Crippen LogP contribution in [0.15, 0.2) is 0 Å². The van der Waals surface area contributed by atoms with Crippen LogP contribution in [0.1, 0.15) is 88.0 Å². The monoisotopic (exact) mass is 516 g/mol. The number of hydrogen-bond donors (Lipinski definition) is 0. The second-order valence-electron chi connectivity index (χ2n) is 12.0. The van der Waals surface area contributed by atoms with E-state index in [9.17, 15) is 0 Å². The van der Waals surface area contributed by atoms with E-state index in [1.165, 1.54) is 0 Å². The van der Waals surface area contributed by atoms with Crippen LogP contribution >= 0.6 is 0 Å². The van der Waals surface area contributed by atoms with E-state index in [0.717, 1.165) is 25.7 Å². The van der Waals surface area contributed by atoms with Crippen LogP contribution in [0.5, 0.6) is 0 Å². The number of epoxide rings is 1. The van der Waals surface area contributed by atoms with Crippen molar-refractivity contribution >= 4 is 0 Å². The summed E-state index contributed by atoms with van der Waals surface area (Å²) in [6, 6.07) is 0. The predicted molar refractivity (Wildman–Crippen MR) is 137 cm³/mol. The Morgan fingerprint density at radius 3 is 1.83 bits per heavy atom. The maximum atomic E-state index is 6.73. The van der Waals surface area contributed by atoms with Gasteiger partial charge in [0, 0.05) is 20.3 Å². The highest BCUT2D eigenvalue weighted by Gasteiger charge is 2.60. The molecule has 0 N–H and O–H groups in total. The average molecular weight is 517 g/mol. The molecule has 0 spiro atoms. The Labute approximate surface area is 218 Å². The van der Waals surface area contributed by atoms with Crippen LogP contribution in [-0.4, -0.2) is 87.3 Å². The molecule has 0 saturated carbocycles. The molecule has 36 heavy (non-hydrogen) atoms. The molecule has 0 radical (unpaired) electrons. The van der Waals surface area contributed by atoms with Crippen molar-refractivity contribution in [2.45, 2.75) is 155 Å². The lowest BCUT2D eigenvalue weighted by Gasteiger charge is -2.50. The molecule has 3 saturated heterocycles. The smallest absolute Gasteiger partial charge is 0.187 e. The van der Waals surface area contributed by atoms with Gasteiger partial charge in [0.15, 0.2) is 12.6 Å². The molecule has 3 aliphatic rings. The number of unbranched alkanes of at least 4 members (excludes halogenated alkanes) is 2. The summed E-state index contributed by atoms with van der Waals surface area (Å²) in [5.74, 6) is 0. The minimum Gasteiger partial charge on any atom is -0.373 e. The van der Waals surface area contributed by atoms with Gasteiger partial charge in [0.1, 0.15) is 36.6 Å². The normalized spacial score (nSPS) is 39.2. The van der Waals surface area contributed by atoms with Crippen molar-refractivity contribution in [1.29, 1.82) is 0 Å². The van der Waals surface area contributed by atoms with Gasteiger partial charge in [0.05, 0.1) is 17.8 Å². The third kappa shape index (κ3) is 7.00. The SMILES string of the molecule is CCCCO[C@H]1O[C@H](C)[C@@H](O[C@@H]2O[C@H](C)[C@@H](OC(C)(C)C(C)(C)C)[C@H](OCCCC)[C@H]2OC)[C@H]2O[C@@H]12. The van der Waals surface area contributed by atoms with Gasteiger partial charge < -0.3 is 37.9 Å². The average Bonchev–Trinajstić information content (AvgIpc) is 3.59. The maximum absolute atomic E-state index is 6.73. The van der Waals surface area contributed by atoms with Gasteiger partial charge in [-0.1, -0.05) is 47.5 Å². The van der Waals surface area contributed by atoms with Crippen LogP contribution in [0.2, 0.25) is 0 Å². The lowest BCUT2D eigenvalue weighted by atomic mass is 9.78. The van der Waals surface area contributed by atoms with Gasteiger partial charge in [-0.15, -0.1) is 0 Å². The molecule has 3 rings (SSSR count). The van der Waals surface area contributed by atoms with E-state index in [1.54, 1.807) is 7.11 Å². The van der Waals surface area contributed by atoms with E-state index >= 15 is 0 Å². The lowest BCUT2D eigenvalue weighted by molar-refractivity contribution is -0.344. The summed E-state index contributed by atoms with van der Waals surface area (Å²) in [4.78, 5) is 0. The molecular weight excluding hydrogens is 464 g/mol. The maximum Gasteiger partial charge on any atom is 0.187 e. The summed E-state index contributed by atoms with van der Waals surface area (Å²) in [6.07, 6.45) is 1.10. The highest BCUT2D eigenvalue weighted by molar-refractivity contribution is 5.02. The van der Waals surface area contributed by atoms with Gasteiger partial charge in [-0.25, -0.2) is 0 Å². The van der Waals surface area contributed by atoms with E-state index in [2.05, 4.69) is 48.5 Å². The Kier molecular flexibility index (Phi) is 10.7. The van der Waals surface area contributed by atoms with Gasteiger partial charge in [0.2, 0.25) is 0 Å². The van der Waals surface area contributed by atoms with Crippen molar-refractivity contribution in [3.05, 3.63) is 0 Å². The molecule has 3 heterocycles. The third-order valence-corrected chi connectivity index (χ3v) is 8.08. The molecule has 0 aliphatic carbocycles.